The van der Waals surface area contributed by atoms with Crippen LogP contribution >= 0.6 is 0 Å². The molecule has 82 heavy (non-hydrogen) atoms. The molecule has 2 atom stereocenters. The fourth-order valence-electron chi connectivity index (χ4n) is 7.73. The summed E-state index contributed by atoms with van der Waals surface area (Å²) in [6.07, 6.45) is 4.65. The summed E-state index contributed by atoms with van der Waals surface area (Å²) in [6, 6.07) is 10.4. The van der Waals surface area contributed by atoms with E-state index >= 15 is 0 Å². The summed E-state index contributed by atoms with van der Waals surface area (Å²) in [5, 5.41) is 21.4. The second kappa shape index (κ2) is 36.3. The van der Waals surface area contributed by atoms with Crippen LogP contribution in [0, 0.1) is 5.92 Å². The van der Waals surface area contributed by atoms with Crippen LogP contribution in [-0.4, -0.2) is 168 Å². The average Bonchev–Trinajstić information content (AvgIpc) is 3.78. The smallest absolute Gasteiger partial charge is 0.329 e. The van der Waals surface area contributed by atoms with Crippen molar-refractivity contribution in [1.29, 1.82) is 0 Å². The van der Waals surface area contributed by atoms with E-state index in [-0.39, 0.29) is 80.6 Å². The number of ether oxygens (including phenoxy) is 6. The first-order valence-corrected chi connectivity index (χ1v) is 27.5. The SMILES string of the molecule is CCCCOc1nc(N)c2nc(O)n(Cc3ccc(C(=O)NCCCOCCOCCOCCCNC(=O)CCC(=O)Nc4ccc(/C=C/C(=O)N(C(=O)[C@H](NC(=O)CN)C(C)C)[C@H](CCC(=O)OCC)C(=O)OCC)cc4)cc3)c2n1. The topological polar surface area (TPSA) is 359 Å². The maximum Gasteiger partial charge on any atom is 0.329 e. The third-order valence-corrected chi connectivity index (χ3v) is 12.0. The van der Waals surface area contributed by atoms with Gasteiger partial charge in [0.25, 0.3) is 23.7 Å². The van der Waals surface area contributed by atoms with Crippen LogP contribution in [-0.2, 0) is 63.8 Å². The van der Waals surface area contributed by atoms with Gasteiger partial charge in [0.1, 0.15) is 12.1 Å². The molecule has 0 saturated carbocycles. The highest BCUT2D eigenvalue weighted by Crippen LogP contribution is 2.26. The first-order valence-electron chi connectivity index (χ1n) is 27.5. The van der Waals surface area contributed by atoms with Crippen LogP contribution in [0.5, 0.6) is 12.0 Å². The number of esters is 2. The third-order valence-electron chi connectivity index (χ3n) is 12.0. The zero-order valence-corrected chi connectivity index (χ0v) is 47.4. The molecule has 26 nitrogen and oxygen atoms in total. The highest BCUT2D eigenvalue weighted by molar-refractivity contribution is 6.08. The first kappa shape index (κ1) is 66.4. The lowest BCUT2D eigenvalue weighted by atomic mass is 10.00. The fourth-order valence-corrected chi connectivity index (χ4v) is 7.73. The number of aromatic hydroxyl groups is 1. The molecule has 0 bridgehead atoms. The molecular weight excluding hydrogens is 1070 g/mol. The number of aromatic nitrogens is 4. The predicted octanol–water partition coefficient (Wildman–Crippen LogP) is 3.18. The molecular formula is C56H79N11O15. The van der Waals surface area contributed by atoms with Crippen molar-refractivity contribution in [2.75, 3.05) is 90.1 Å². The lowest BCUT2D eigenvalue weighted by molar-refractivity contribution is -0.162. The van der Waals surface area contributed by atoms with Gasteiger partial charge in [0.15, 0.2) is 17.0 Å². The van der Waals surface area contributed by atoms with Gasteiger partial charge >= 0.3 is 17.9 Å². The molecule has 4 rings (SSSR count). The summed E-state index contributed by atoms with van der Waals surface area (Å²) in [5.41, 5.74) is 14.3. The number of imidazole rings is 1. The van der Waals surface area contributed by atoms with Crippen LogP contribution < -0.4 is 37.5 Å². The maximum absolute atomic E-state index is 14.0. The number of amides is 6. The van der Waals surface area contributed by atoms with Crippen molar-refractivity contribution >= 4 is 76.1 Å². The van der Waals surface area contributed by atoms with Gasteiger partial charge in [-0.2, -0.15) is 15.0 Å². The van der Waals surface area contributed by atoms with Gasteiger partial charge < -0.3 is 66.3 Å². The van der Waals surface area contributed by atoms with Crippen LogP contribution in [0.2, 0.25) is 0 Å². The van der Waals surface area contributed by atoms with E-state index in [1.807, 2.05) is 6.92 Å². The Bertz CT molecular complexity index is 2740. The Morgan fingerprint density at radius 1 is 0.732 bits per heavy atom. The van der Waals surface area contributed by atoms with Crippen molar-refractivity contribution < 1.29 is 71.9 Å². The van der Waals surface area contributed by atoms with Gasteiger partial charge in [0.05, 0.1) is 59.3 Å². The van der Waals surface area contributed by atoms with E-state index in [1.165, 1.54) is 10.6 Å². The minimum Gasteiger partial charge on any atom is -0.480 e. The Morgan fingerprint density at radius 3 is 1.99 bits per heavy atom. The number of nitrogens with zero attached hydrogens (tertiary/aromatic N) is 5. The number of benzene rings is 2. The molecule has 0 spiro atoms. The van der Waals surface area contributed by atoms with Crippen molar-refractivity contribution in [2.45, 2.75) is 105 Å². The molecule has 0 radical (unpaired) electrons. The molecule has 6 amide bonds. The number of imide groups is 1. The summed E-state index contributed by atoms with van der Waals surface area (Å²) < 4.78 is 34.0. The van der Waals surface area contributed by atoms with Crippen LogP contribution in [0.4, 0.5) is 11.5 Å². The number of fused-ring (bicyclic) bond motifs is 1. The quantitative estimate of drug-likeness (QED) is 0.0192. The molecule has 4 aromatic rings. The summed E-state index contributed by atoms with van der Waals surface area (Å²) in [7, 11) is 0. The van der Waals surface area contributed by atoms with Crippen molar-refractivity contribution in [3.05, 3.63) is 71.3 Å². The monoisotopic (exact) mass is 1150 g/mol. The molecule has 0 unspecified atom stereocenters. The molecule has 0 aliphatic heterocycles. The molecule has 448 valence electrons. The number of carbonyl (C=O) groups excluding carboxylic acids is 8. The van der Waals surface area contributed by atoms with E-state index in [1.54, 1.807) is 76.2 Å². The van der Waals surface area contributed by atoms with Crippen LogP contribution in [0.1, 0.15) is 107 Å². The van der Waals surface area contributed by atoms with E-state index in [0.29, 0.717) is 99.5 Å². The Morgan fingerprint density at radius 2 is 1.37 bits per heavy atom. The third kappa shape index (κ3) is 22.8. The largest absolute Gasteiger partial charge is 0.480 e. The van der Waals surface area contributed by atoms with Gasteiger partial charge in [0.2, 0.25) is 17.7 Å². The van der Waals surface area contributed by atoms with Crippen molar-refractivity contribution in [1.82, 2.24) is 40.4 Å². The number of hydrogen-bond acceptors (Lipinski definition) is 20. The second-order valence-corrected chi connectivity index (χ2v) is 18.8. The predicted molar refractivity (Wildman–Crippen MR) is 302 cm³/mol. The van der Waals surface area contributed by atoms with E-state index in [2.05, 4.69) is 36.2 Å². The Hall–Kier alpha value is -8.07. The van der Waals surface area contributed by atoms with Crippen molar-refractivity contribution in [3.8, 4) is 12.0 Å². The number of nitrogen functional groups attached to an aromatic ring is 1. The molecule has 0 fully saturated rings. The van der Waals surface area contributed by atoms with E-state index in [4.69, 9.17) is 39.9 Å². The van der Waals surface area contributed by atoms with E-state index in [0.717, 1.165) is 24.5 Å². The van der Waals surface area contributed by atoms with Gasteiger partial charge in [-0.1, -0.05) is 51.5 Å². The Balaban J connectivity index is 1.06. The molecule has 26 heteroatoms. The van der Waals surface area contributed by atoms with Gasteiger partial charge in [-0.25, -0.2) is 4.79 Å². The number of rotatable bonds is 38. The van der Waals surface area contributed by atoms with Gasteiger partial charge in [0, 0.05) is 62.9 Å². The van der Waals surface area contributed by atoms with Crippen LogP contribution in [0.15, 0.2) is 54.6 Å². The molecule has 9 N–H and O–H groups in total. The average molecular weight is 1150 g/mol. The Kier molecular flexibility index (Phi) is 29.4. The molecule has 2 heterocycles. The standard InChI is InChI=1S/C56H79N11O15/c1-6-9-30-82-55-64-50(58)49-51(65-55)66(56(76)63-49)36-39-12-17-40(18-13-39)52(73)60-27-11-29-78-32-34-79-33-31-77-28-10-26-59-43(68)22-23-44(69)61-41-19-14-38(15-20-41)16-24-46(71)67(53(74)48(37(4)5)62-45(70)35-57)42(54(75)81-8-3)21-25-47(72)80-7-2/h12-20,24,37,42,48H,6-11,21-23,25-36,57H2,1-5H3,(H,59,68)(H,60,73)(H,61,69)(H,62,70)(H,63,76)(H2,58,64,65)/b24-16+/t42-,48-/m1/s1. The number of nitrogens with one attached hydrogen (secondary N) is 4. The molecule has 0 aliphatic carbocycles. The van der Waals surface area contributed by atoms with Crippen LogP contribution in [0.3, 0.4) is 0 Å². The Labute approximate surface area is 476 Å². The number of carbonyl (C=O) groups is 8. The zero-order chi connectivity index (χ0) is 59.8. The number of unbranched alkanes of at least 4 members (excludes halogenated alkanes) is 1. The van der Waals surface area contributed by atoms with Gasteiger partial charge in [-0.15, -0.1) is 0 Å². The molecule has 2 aromatic heterocycles. The minimum atomic E-state index is -1.53. The van der Waals surface area contributed by atoms with Gasteiger partial charge in [-0.3, -0.25) is 43.0 Å². The molecule has 0 aliphatic rings. The maximum atomic E-state index is 14.0. The number of nitrogens with two attached hydrogens (primary N) is 2. The summed E-state index contributed by atoms with van der Waals surface area (Å²) >= 11 is 0. The summed E-state index contributed by atoms with van der Waals surface area (Å²) in [6.45, 7) is 11.8. The highest BCUT2D eigenvalue weighted by atomic mass is 16.5. The number of hydrogen-bond donors (Lipinski definition) is 7. The van der Waals surface area contributed by atoms with E-state index < -0.39 is 60.1 Å². The zero-order valence-electron chi connectivity index (χ0n) is 47.4. The van der Waals surface area contributed by atoms with Crippen molar-refractivity contribution in [2.24, 2.45) is 11.7 Å². The molecule has 0 saturated heterocycles. The highest BCUT2D eigenvalue weighted by Gasteiger charge is 2.40. The second-order valence-electron chi connectivity index (χ2n) is 18.8. The lowest BCUT2D eigenvalue weighted by Crippen LogP contribution is -2.58. The lowest BCUT2D eigenvalue weighted by Gasteiger charge is -2.32. The number of anilines is 2. The normalized spacial score (nSPS) is 11.9. The molecule has 2 aromatic carbocycles. The van der Waals surface area contributed by atoms with Crippen molar-refractivity contribution in [3.63, 3.8) is 0 Å². The summed E-state index contributed by atoms with van der Waals surface area (Å²) in [4.78, 5) is 117. The van der Waals surface area contributed by atoms with E-state index in [9.17, 15) is 43.5 Å². The summed E-state index contributed by atoms with van der Waals surface area (Å²) in [5.74, 6) is -5.42. The fraction of sp³-hybridized carbons (Fsp3) is 0.518. The minimum absolute atomic E-state index is 0.0452. The first-order chi connectivity index (χ1) is 39.5. The van der Waals surface area contributed by atoms with Crippen LogP contribution in [0.25, 0.3) is 17.2 Å². The van der Waals surface area contributed by atoms with Gasteiger partial charge in [-0.05, 0) is 86.9 Å².